The zero-order chi connectivity index (χ0) is 27.5. The van der Waals surface area contributed by atoms with Crippen LogP contribution in [0.25, 0.3) is 11.0 Å². The summed E-state index contributed by atoms with van der Waals surface area (Å²) in [5.74, 6) is 0.527. The largest absolute Gasteiger partial charge is 0.494 e. The highest BCUT2D eigenvalue weighted by atomic mass is 79.9. The number of unbranched alkanes of at least 4 members (excludes halogenated alkanes) is 2. The first-order valence-corrected chi connectivity index (χ1v) is 13.5. The number of hydrogen-bond acceptors (Lipinski definition) is 7. The number of carbonyl (C=O) groups excluding carboxylic acids is 1. The third-order valence-corrected chi connectivity index (χ3v) is 7.21. The van der Waals surface area contributed by atoms with Crippen molar-refractivity contribution in [3.8, 4) is 23.3 Å². The van der Waals surface area contributed by atoms with Crippen molar-refractivity contribution in [2.24, 2.45) is 5.73 Å². The number of hydrogen-bond donors (Lipinski definition) is 1. The van der Waals surface area contributed by atoms with E-state index in [0.717, 1.165) is 46.0 Å². The van der Waals surface area contributed by atoms with Gasteiger partial charge in [0.15, 0.2) is 0 Å². The molecule has 5 rings (SSSR count). The van der Waals surface area contributed by atoms with Gasteiger partial charge in [-0.15, -0.1) is 0 Å². The van der Waals surface area contributed by atoms with Crippen molar-refractivity contribution in [1.29, 1.82) is 5.26 Å². The monoisotopic (exact) mass is 586 g/mol. The van der Waals surface area contributed by atoms with E-state index in [1.54, 1.807) is 24.3 Å². The van der Waals surface area contributed by atoms with Crippen LogP contribution in [-0.4, -0.2) is 12.6 Å². The Morgan fingerprint density at radius 3 is 2.59 bits per heavy atom. The smallest absolute Gasteiger partial charge is 0.379 e. The van der Waals surface area contributed by atoms with E-state index in [2.05, 4.69) is 28.9 Å². The first-order valence-electron chi connectivity index (χ1n) is 12.7. The average molecular weight is 587 g/mol. The minimum Gasteiger partial charge on any atom is -0.494 e. The number of halogens is 1. The minimum atomic E-state index is -0.622. The maximum absolute atomic E-state index is 13.0. The zero-order valence-corrected chi connectivity index (χ0v) is 23.2. The molecular weight excluding hydrogens is 560 g/mol. The van der Waals surface area contributed by atoms with E-state index in [-0.39, 0.29) is 17.4 Å². The number of benzene rings is 3. The Labute approximate surface area is 234 Å². The van der Waals surface area contributed by atoms with E-state index in [9.17, 15) is 10.1 Å². The standard InChI is InChI=1S/C31H27BrN2O5/c1-3-4-5-14-36-21-9-6-19(7-10-21)28-24-13-11-22(16-27(24)39-30(34)25(28)17-33)37-31(35)29-18(2)23-12-8-20(32)15-26(23)38-29/h6-13,15-16,28H,3-5,14,34H2,1-2H3. The molecule has 3 aromatic carbocycles. The lowest BCUT2D eigenvalue weighted by molar-refractivity contribution is 0.0702. The van der Waals surface area contributed by atoms with E-state index in [0.29, 0.717) is 29.1 Å². The van der Waals surface area contributed by atoms with Crippen molar-refractivity contribution in [3.63, 3.8) is 0 Å². The number of esters is 1. The molecule has 8 heteroatoms. The van der Waals surface area contributed by atoms with Gasteiger partial charge in [0.25, 0.3) is 0 Å². The molecule has 0 fully saturated rings. The van der Waals surface area contributed by atoms with Crippen LogP contribution in [-0.2, 0) is 0 Å². The summed E-state index contributed by atoms with van der Waals surface area (Å²) in [6.07, 6.45) is 3.26. The fourth-order valence-corrected chi connectivity index (χ4v) is 5.03. The molecule has 1 aliphatic heterocycles. The van der Waals surface area contributed by atoms with Crippen molar-refractivity contribution < 1.29 is 23.4 Å². The Bertz CT molecular complexity index is 1610. The molecule has 0 spiro atoms. The summed E-state index contributed by atoms with van der Waals surface area (Å²) in [6.45, 7) is 4.63. The quantitative estimate of drug-likeness (QED) is 0.129. The van der Waals surface area contributed by atoms with E-state index in [1.165, 1.54) is 0 Å². The molecule has 4 aromatic rings. The van der Waals surface area contributed by atoms with Crippen molar-refractivity contribution in [3.05, 3.63) is 99.0 Å². The van der Waals surface area contributed by atoms with E-state index < -0.39 is 11.9 Å². The SMILES string of the molecule is CCCCCOc1ccc(C2C(C#N)=C(N)Oc3cc(OC(=O)c4oc5cc(Br)ccc5c4C)ccc32)cc1. The summed E-state index contributed by atoms with van der Waals surface area (Å²) in [7, 11) is 0. The lowest BCUT2D eigenvalue weighted by Gasteiger charge is -2.26. The van der Waals surface area contributed by atoms with E-state index in [4.69, 9.17) is 24.4 Å². The number of nitriles is 1. The maximum Gasteiger partial charge on any atom is 0.379 e. The fourth-order valence-electron chi connectivity index (χ4n) is 4.69. The van der Waals surface area contributed by atoms with Crippen LogP contribution < -0.4 is 19.9 Å². The lowest BCUT2D eigenvalue weighted by atomic mass is 9.83. The summed E-state index contributed by atoms with van der Waals surface area (Å²) in [5.41, 5.74) is 9.36. The average Bonchev–Trinajstić information content (AvgIpc) is 3.26. The first kappa shape index (κ1) is 26.4. The molecule has 1 aromatic heterocycles. The van der Waals surface area contributed by atoms with Gasteiger partial charge in [0.1, 0.15) is 34.5 Å². The van der Waals surface area contributed by atoms with Gasteiger partial charge in [0.2, 0.25) is 11.6 Å². The number of ether oxygens (including phenoxy) is 3. The van der Waals surface area contributed by atoms with Gasteiger partial charge in [-0.1, -0.05) is 53.9 Å². The van der Waals surface area contributed by atoms with Crippen LogP contribution in [0.2, 0.25) is 0 Å². The van der Waals surface area contributed by atoms with Gasteiger partial charge in [0, 0.05) is 27.1 Å². The molecule has 1 unspecified atom stereocenters. The lowest BCUT2D eigenvalue weighted by Crippen LogP contribution is -2.21. The molecule has 0 saturated heterocycles. The summed E-state index contributed by atoms with van der Waals surface area (Å²) in [5, 5.41) is 10.7. The maximum atomic E-state index is 13.0. The molecule has 1 aliphatic rings. The molecule has 1 atom stereocenters. The molecule has 0 amide bonds. The van der Waals surface area contributed by atoms with Crippen molar-refractivity contribution in [1.82, 2.24) is 0 Å². The van der Waals surface area contributed by atoms with Crippen molar-refractivity contribution >= 4 is 32.9 Å². The molecule has 39 heavy (non-hydrogen) atoms. The number of carbonyl (C=O) groups is 1. The van der Waals surface area contributed by atoms with Gasteiger partial charge in [-0.3, -0.25) is 0 Å². The highest BCUT2D eigenvalue weighted by Gasteiger charge is 2.31. The predicted molar refractivity (Wildman–Crippen MR) is 151 cm³/mol. The molecule has 0 aliphatic carbocycles. The summed E-state index contributed by atoms with van der Waals surface area (Å²) >= 11 is 3.42. The van der Waals surface area contributed by atoms with Gasteiger partial charge in [0.05, 0.1) is 12.5 Å². The van der Waals surface area contributed by atoms with Crippen LogP contribution in [0.4, 0.5) is 0 Å². The Kier molecular flexibility index (Phi) is 7.62. The summed E-state index contributed by atoms with van der Waals surface area (Å²) in [4.78, 5) is 13.0. The summed E-state index contributed by atoms with van der Waals surface area (Å²) < 4.78 is 23.9. The van der Waals surface area contributed by atoms with E-state index >= 15 is 0 Å². The van der Waals surface area contributed by atoms with Gasteiger partial charge in [-0.05, 0) is 55.3 Å². The van der Waals surface area contributed by atoms with E-state index in [1.807, 2.05) is 43.3 Å². The van der Waals surface area contributed by atoms with Crippen molar-refractivity contribution in [2.75, 3.05) is 6.61 Å². The highest BCUT2D eigenvalue weighted by Crippen LogP contribution is 2.44. The Hall–Kier alpha value is -4.22. The molecule has 7 nitrogen and oxygen atoms in total. The minimum absolute atomic E-state index is 0.0112. The number of aryl methyl sites for hydroxylation is 1. The van der Waals surface area contributed by atoms with Crippen LogP contribution in [0.3, 0.4) is 0 Å². The van der Waals surface area contributed by atoms with Gasteiger partial charge in [-0.2, -0.15) is 5.26 Å². The number of rotatable bonds is 8. The molecule has 0 saturated carbocycles. The van der Waals surface area contributed by atoms with Crippen LogP contribution in [0, 0.1) is 18.3 Å². The molecule has 0 bridgehead atoms. The van der Waals surface area contributed by atoms with Gasteiger partial charge < -0.3 is 24.4 Å². The number of allylic oxidation sites excluding steroid dienone is 1. The predicted octanol–water partition coefficient (Wildman–Crippen LogP) is 7.51. The van der Waals surface area contributed by atoms with Crippen LogP contribution in [0.1, 0.15) is 59.3 Å². The second-order valence-electron chi connectivity index (χ2n) is 9.34. The van der Waals surface area contributed by atoms with Crippen LogP contribution in [0.15, 0.2) is 81.0 Å². The highest BCUT2D eigenvalue weighted by molar-refractivity contribution is 9.10. The summed E-state index contributed by atoms with van der Waals surface area (Å²) in [6, 6.07) is 20.5. The Morgan fingerprint density at radius 1 is 1.08 bits per heavy atom. The third-order valence-electron chi connectivity index (χ3n) is 6.72. The third kappa shape index (κ3) is 5.36. The second kappa shape index (κ2) is 11.3. The molecule has 2 N–H and O–H groups in total. The fraction of sp³-hybridized carbons (Fsp3) is 0.226. The van der Waals surface area contributed by atoms with Crippen LogP contribution >= 0.6 is 15.9 Å². The number of nitrogens with zero attached hydrogens (tertiary/aromatic N) is 1. The molecule has 198 valence electrons. The van der Waals surface area contributed by atoms with Gasteiger partial charge >= 0.3 is 5.97 Å². The van der Waals surface area contributed by atoms with Gasteiger partial charge in [-0.25, -0.2) is 4.79 Å². The number of fused-ring (bicyclic) bond motifs is 2. The normalized spacial score (nSPS) is 14.5. The second-order valence-corrected chi connectivity index (χ2v) is 10.3. The number of nitrogens with two attached hydrogens (primary N) is 1. The van der Waals surface area contributed by atoms with Crippen LogP contribution in [0.5, 0.6) is 17.2 Å². The topological polar surface area (TPSA) is 108 Å². The Balaban J connectivity index is 1.40. The molecule has 0 radical (unpaired) electrons. The zero-order valence-electron chi connectivity index (χ0n) is 21.6. The number of furan rings is 1. The molecular formula is C31H27BrN2O5. The first-order chi connectivity index (χ1) is 18.9. The Morgan fingerprint density at radius 2 is 1.85 bits per heavy atom. The molecule has 2 heterocycles. The van der Waals surface area contributed by atoms with Crippen molar-refractivity contribution in [2.45, 2.75) is 39.0 Å².